The Morgan fingerprint density at radius 1 is 1.42 bits per heavy atom. The van der Waals surface area contributed by atoms with Gasteiger partial charge in [0.2, 0.25) is 0 Å². The van der Waals surface area contributed by atoms with Gasteiger partial charge in [-0.25, -0.2) is 9.78 Å². The number of rotatable bonds is 5. The molecule has 0 saturated carbocycles. The van der Waals surface area contributed by atoms with Gasteiger partial charge in [0, 0.05) is 16.8 Å². The molecule has 0 aliphatic carbocycles. The zero-order valence-corrected chi connectivity index (χ0v) is 11.4. The van der Waals surface area contributed by atoms with Gasteiger partial charge in [-0.1, -0.05) is 0 Å². The molecule has 0 aliphatic heterocycles. The van der Waals surface area contributed by atoms with Gasteiger partial charge < -0.3 is 15.2 Å². The number of aliphatic carboxylic acids is 1. The predicted octanol–water partition coefficient (Wildman–Crippen LogP) is 2.70. The maximum atomic E-state index is 11.3. The number of benzene rings is 1. The third-order valence-electron chi connectivity index (χ3n) is 2.53. The van der Waals surface area contributed by atoms with Gasteiger partial charge >= 0.3 is 5.97 Å². The zero-order chi connectivity index (χ0) is 13.8. The van der Waals surface area contributed by atoms with Crippen molar-refractivity contribution in [2.24, 2.45) is 0 Å². The number of carboxylic acids is 1. The van der Waals surface area contributed by atoms with E-state index in [-0.39, 0.29) is 0 Å². The second-order valence-corrected chi connectivity index (χ2v) is 4.86. The van der Waals surface area contributed by atoms with Gasteiger partial charge in [-0.15, -0.1) is 11.3 Å². The molecular weight excluding hydrogens is 264 g/mol. The van der Waals surface area contributed by atoms with Crippen molar-refractivity contribution in [3.05, 3.63) is 40.3 Å². The third kappa shape index (κ3) is 3.23. The first-order chi connectivity index (χ1) is 9.10. The summed E-state index contributed by atoms with van der Waals surface area (Å²) in [5.74, 6) is -0.229. The van der Waals surface area contributed by atoms with E-state index in [1.807, 2.05) is 12.3 Å². The van der Waals surface area contributed by atoms with Crippen LogP contribution in [0.5, 0.6) is 5.75 Å². The van der Waals surface area contributed by atoms with Crippen molar-refractivity contribution in [3.8, 4) is 5.75 Å². The van der Waals surface area contributed by atoms with Crippen molar-refractivity contribution in [1.82, 2.24) is 4.98 Å². The number of carboxylic acid groups (broad SMARTS) is 1. The number of aromatic nitrogens is 1. The van der Waals surface area contributed by atoms with E-state index in [2.05, 4.69) is 10.3 Å². The van der Waals surface area contributed by atoms with Crippen molar-refractivity contribution in [2.45, 2.75) is 13.0 Å². The van der Waals surface area contributed by atoms with Crippen LogP contribution in [0.15, 0.2) is 29.6 Å². The van der Waals surface area contributed by atoms with Gasteiger partial charge in [-0.2, -0.15) is 0 Å². The van der Waals surface area contributed by atoms with Gasteiger partial charge in [0.1, 0.15) is 10.8 Å². The van der Waals surface area contributed by atoms with E-state index < -0.39 is 12.0 Å². The Labute approximate surface area is 114 Å². The summed E-state index contributed by atoms with van der Waals surface area (Å²) in [6, 6.07) is 6.25. The van der Waals surface area contributed by atoms with E-state index in [1.54, 1.807) is 31.4 Å². The van der Waals surface area contributed by atoms with Crippen LogP contribution in [-0.4, -0.2) is 23.2 Å². The second-order valence-electron chi connectivity index (χ2n) is 3.97. The SMILES string of the molecule is COc1ccc(NC(C(=O)O)c2nc(C)cs2)cc1. The molecule has 1 unspecified atom stereocenters. The summed E-state index contributed by atoms with van der Waals surface area (Å²) in [6.07, 6.45) is 0. The summed E-state index contributed by atoms with van der Waals surface area (Å²) >= 11 is 1.33. The average Bonchev–Trinajstić information content (AvgIpc) is 2.82. The fourth-order valence-electron chi connectivity index (χ4n) is 1.59. The monoisotopic (exact) mass is 278 g/mol. The molecule has 0 spiro atoms. The largest absolute Gasteiger partial charge is 0.497 e. The number of carbonyl (C=O) groups is 1. The van der Waals surface area contributed by atoms with Crippen LogP contribution >= 0.6 is 11.3 Å². The number of anilines is 1. The topological polar surface area (TPSA) is 71.5 Å². The highest BCUT2D eigenvalue weighted by atomic mass is 32.1. The van der Waals surface area contributed by atoms with E-state index >= 15 is 0 Å². The third-order valence-corrected chi connectivity index (χ3v) is 3.56. The lowest BCUT2D eigenvalue weighted by atomic mass is 10.2. The Hall–Kier alpha value is -2.08. The summed E-state index contributed by atoms with van der Waals surface area (Å²) < 4.78 is 5.06. The van der Waals surface area contributed by atoms with Crippen LogP contribution < -0.4 is 10.1 Å². The van der Waals surface area contributed by atoms with Crippen LogP contribution in [-0.2, 0) is 4.79 Å². The second kappa shape index (κ2) is 5.71. The number of nitrogens with one attached hydrogen (secondary N) is 1. The van der Waals surface area contributed by atoms with Gasteiger partial charge in [-0.05, 0) is 31.2 Å². The van der Waals surface area contributed by atoms with Gasteiger partial charge in [-0.3, -0.25) is 0 Å². The Balaban J connectivity index is 2.18. The molecule has 0 radical (unpaired) electrons. The molecule has 1 heterocycles. The standard InChI is InChI=1S/C13H14N2O3S/c1-8-7-19-12(14-8)11(13(16)17)15-9-3-5-10(18-2)6-4-9/h3-7,11,15H,1-2H3,(H,16,17). The minimum atomic E-state index is -0.954. The van der Waals surface area contributed by atoms with Crippen LogP contribution in [0.25, 0.3) is 0 Å². The molecule has 100 valence electrons. The molecule has 2 N–H and O–H groups in total. The van der Waals surface area contributed by atoms with Crippen molar-refractivity contribution in [1.29, 1.82) is 0 Å². The number of thiazole rings is 1. The van der Waals surface area contributed by atoms with E-state index in [4.69, 9.17) is 4.74 Å². The minimum Gasteiger partial charge on any atom is -0.497 e. The number of hydrogen-bond donors (Lipinski definition) is 2. The molecule has 0 aliphatic rings. The Bertz CT molecular complexity index is 566. The summed E-state index contributed by atoms with van der Waals surface area (Å²) in [5, 5.41) is 14.6. The van der Waals surface area contributed by atoms with Crippen molar-refractivity contribution >= 4 is 23.0 Å². The van der Waals surface area contributed by atoms with Crippen LogP contribution in [0, 0.1) is 6.92 Å². The van der Waals surface area contributed by atoms with Gasteiger partial charge in [0.05, 0.1) is 7.11 Å². The van der Waals surface area contributed by atoms with E-state index in [0.29, 0.717) is 10.7 Å². The molecule has 19 heavy (non-hydrogen) atoms. The molecule has 5 nitrogen and oxygen atoms in total. The summed E-state index contributed by atoms with van der Waals surface area (Å²) in [7, 11) is 1.58. The lowest BCUT2D eigenvalue weighted by Crippen LogP contribution is -2.20. The molecular formula is C13H14N2O3S. The first-order valence-corrected chi connectivity index (χ1v) is 6.53. The van der Waals surface area contributed by atoms with E-state index in [0.717, 1.165) is 11.4 Å². The number of methoxy groups -OCH3 is 1. The predicted molar refractivity (Wildman–Crippen MR) is 73.8 cm³/mol. The number of aryl methyl sites for hydroxylation is 1. The number of hydrogen-bond acceptors (Lipinski definition) is 5. The maximum Gasteiger partial charge on any atom is 0.333 e. The molecule has 0 amide bonds. The molecule has 1 aromatic heterocycles. The molecule has 0 saturated heterocycles. The highest BCUT2D eigenvalue weighted by molar-refractivity contribution is 7.09. The molecule has 0 bridgehead atoms. The average molecular weight is 278 g/mol. The van der Waals surface area contributed by atoms with E-state index in [9.17, 15) is 9.90 Å². The molecule has 0 fully saturated rings. The fraction of sp³-hybridized carbons (Fsp3) is 0.231. The lowest BCUT2D eigenvalue weighted by molar-refractivity contribution is -0.138. The van der Waals surface area contributed by atoms with Crippen LogP contribution in [0.4, 0.5) is 5.69 Å². The normalized spacial score (nSPS) is 11.9. The van der Waals surface area contributed by atoms with Crippen molar-refractivity contribution in [2.75, 3.05) is 12.4 Å². The Morgan fingerprint density at radius 3 is 2.58 bits per heavy atom. The molecule has 1 atom stereocenters. The lowest BCUT2D eigenvalue weighted by Gasteiger charge is -2.13. The van der Waals surface area contributed by atoms with Crippen LogP contribution in [0.1, 0.15) is 16.7 Å². The smallest absolute Gasteiger partial charge is 0.333 e. The molecule has 2 rings (SSSR count). The van der Waals surface area contributed by atoms with Gasteiger partial charge in [0.15, 0.2) is 6.04 Å². The highest BCUT2D eigenvalue weighted by Gasteiger charge is 2.22. The Kier molecular flexibility index (Phi) is 4.01. The molecule has 6 heteroatoms. The zero-order valence-electron chi connectivity index (χ0n) is 10.6. The minimum absolute atomic E-state index is 0.542. The Morgan fingerprint density at radius 2 is 2.11 bits per heavy atom. The van der Waals surface area contributed by atoms with Crippen LogP contribution in [0.2, 0.25) is 0 Å². The maximum absolute atomic E-state index is 11.3. The highest BCUT2D eigenvalue weighted by Crippen LogP contribution is 2.24. The fourth-order valence-corrected chi connectivity index (χ4v) is 2.42. The number of nitrogens with zero attached hydrogens (tertiary/aromatic N) is 1. The summed E-state index contributed by atoms with van der Waals surface area (Å²) in [5.41, 5.74) is 1.53. The van der Waals surface area contributed by atoms with Crippen molar-refractivity contribution < 1.29 is 14.6 Å². The summed E-state index contributed by atoms with van der Waals surface area (Å²) in [6.45, 7) is 1.84. The van der Waals surface area contributed by atoms with Crippen molar-refractivity contribution in [3.63, 3.8) is 0 Å². The summed E-state index contributed by atoms with van der Waals surface area (Å²) in [4.78, 5) is 15.5. The quantitative estimate of drug-likeness (QED) is 0.880. The first-order valence-electron chi connectivity index (χ1n) is 5.65. The molecule has 2 aromatic rings. The van der Waals surface area contributed by atoms with E-state index in [1.165, 1.54) is 11.3 Å². The number of ether oxygens (including phenoxy) is 1. The first kappa shape index (κ1) is 13.4. The van der Waals surface area contributed by atoms with Crippen LogP contribution in [0.3, 0.4) is 0 Å². The molecule has 1 aromatic carbocycles. The van der Waals surface area contributed by atoms with Gasteiger partial charge in [0.25, 0.3) is 0 Å².